The molecule has 0 atom stereocenters. The predicted molar refractivity (Wildman–Crippen MR) is 117 cm³/mol. The van der Waals surface area contributed by atoms with Gasteiger partial charge >= 0.3 is 5.97 Å². The van der Waals surface area contributed by atoms with Gasteiger partial charge in [-0.05, 0) is 48.6 Å². The van der Waals surface area contributed by atoms with Gasteiger partial charge in [0.25, 0.3) is 0 Å². The lowest BCUT2D eigenvalue weighted by molar-refractivity contribution is -0.136. The maximum absolute atomic E-state index is 12.5. The van der Waals surface area contributed by atoms with E-state index in [4.69, 9.17) is 4.84 Å². The monoisotopic (exact) mass is 400 g/mol. The first-order valence-electron chi connectivity index (χ1n) is 9.72. The average Bonchev–Trinajstić information content (AvgIpc) is 3.29. The van der Waals surface area contributed by atoms with E-state index in [1.165, 1.54) is 21.2 Å². The van der Waals surface area contributed by atoms with Crippen molar-refractivity contribution in [2.45, 2.75) is 24.2 Å². The molecule has 2 heterocycles. The molecule has 0 amide bonds. The van der Waals surface area contributed by atoms with Crippen LogP contribution in [0.4, 0.5) is 5.69 Å². The molecule has 0 saturated heterocycles. The van der Waals surface area contributed by atoms with Crippen LogP contribution in [0.5, 0.6) is 0 Å². The van der Waals surface area contributed by atoms with Gasteiger partial charge in [-0.1, -0.05) is 65.5 Å². The summed E-state index contributed by atoms with van der Waals surface area (Å²) in [5.74, 6) is -0.358. The molecule has 0 bridgehead atoms. The van der Waals surface area contributed by atoms with E-state index in [2.05, 4.69) is 53.5 Å². The zero-order valence-electron chi connectivity index (χ0n) is 16.1. The van der Waals surface area contributed by atoms with Gasteiger partial charge in [-0.3, -0.25) is 0 Å². The molecule has 0 saturated carbocycles. The number of para-hydroxylation sites is 1. The molecule has 0 N–H and O–H groups in total. The molecule has 0 spiro atoms. The standard InChI is InChI=1S/C24H20N2O2S/c1-26-19-12-5-6-13-20(19)29-21(26)15-16-8-7-11-18(14-16)22-23(25-28-24(22)27)17-9-3-2-4-10-17/h2-6,9-10,12-15H,7-8,11H2,1H3/b21-15-,22-18+. The predicted octanol–water partition coefficient (Wildman–Crippen LogP) is 5.44. The molecule has 4 nitrogen and oxygen atoms in total. The van der Waals surface area contributed by atoms with Gasteiger partial charge in [-0.2, -0.15) is 0 Å². The molecule has 0 radical (unpaired) electrons. The summed E-state index contributed by atoms with van der Waals surface area (Å²) in [5.41, 5.74) is 5.61. The number of carbonyl (C=O) groups excluding carboxylic acids is 1. The number of hydrogen-bond acceptors (Lipinski definition) is 5. The molecule has 5 rings (SSSR count). The summed E-state index contributed by atoms with van der Waals surface area (Å²) < 4.78 is 0. The van der Waals surface area contributed by atoms with E-state index in [-0.39, 0.29) is 5.97 Å². The summed E-state index contributed by atoms with van der Waals surface area (Å²) in [5, 5.41) is 5.27. The van der Waals surface area contributed by atoms with E-state index in [0.717, 1.165) is 30.4 Å². The molecule has 0 aromatic heterocycles. The number of thioether (sulfide) groups is 1. The number of rotatable bonds is 2. The van der Waals surface area contributed by atoms with Crippen LogP contribution in [0.3, 0.4) is 0 Å². The highest BCUT2D eigenvalue weighted by atomic mass is 32.2. The highest BCUT2D eigenvalue weighted by Crippen LogP contribution is 2.45. The maximum Gasteiger partial charge on any atom is 0.368 e. The second-order valence-electron chi connectivity index (χ2n) is 7.27. The molecule has 144 valence electrons. The smallest absolute Gasteiger partial charge is 0.338 e. The number of nitrogens with zero attached hydrogens (tertiary/aromatic N) is 2. The van der Waals surface area contributed by atoms with Crippen LogP contribution in [-0.4, -0.2) is 18.7 Å². The van der Waals surface area contributed by atoms with E-state index in [1.54, 1.807) is 11.8 Å². The van der Waals surface area contributed by atoms with Crippen LogP contribution in [-0.2, 0) is 9.63 Å². The SMILES string of the molecule is CN1/C(=C/C2=CC(=C3/C(=O)ON=C3c3ccccc3)/CCC2)Sc2ccccc21. The Hall–Kier alpha value is -3.05. The molecule has 29 heavy (non-hydrogen) atoms. The summed E-state index contributed by atoms with van der Waals surface area (Å²) in [6.45, 7) is 0. The number of benzene rings is 2. The lowest BCUT2D eigenvalue weighted by Crippen LogP contribution is -2.12. The molecular formula is C24H20N2O2S. The van der Waals surface area contributed by atoms with E-state index < -0.39 is 0 Å². The lowest BCUT2D eigenvalue weighted by Gasteiger charge is -2.18. The largest absolute Gasteiger partial charge is 0.368 e. The van der Waals surface area contributed by atoms with Crippen LogP contribution >= 0.6 is 11.8 Å². The Balaban J connectivity index is 1.51. The number of allylic oxidation sites excluding steroid dienone is 4. The normalized spacial score (nSPS) is 22.4. The van der Waals surface area contributed by atoms with Crippen LogP contribution in [0.25, 0.3) is 0 Å². The van der Waals surface area contributed by atoms with E-state index in [1.807, 2.05) is 30.3 Å². The van der Waals surface area contributed by atoms with Crippen molar-refractivity contribution in [3.63, 3.8) is 0 Å². The Bertz CT molecular complexity index is 1110. The molecule has 2 aromatic carbocycles. The van der Waals surface area contributed by atoms with Crippen molar-refractivity contribution >= 4 is 29.1 Å². The highest BCUT2D eigenvalue weighted by Gasteiger charge is 2.30. The Morgan fingerprint density at radius 2 is 1.86 bits per heavy atom. The molecule has 0 unspecified atom stereocenters. The number of fused-ring (bicyclic) bond motifs is 1. The summed E-state index contributed by atoms with van der Waals surface area (Å²) in [6.07, 6.45) is 7.24. The van der Waals surface area contributed by atoms with Gasteiger partial charge in [0.2, 0.25) is 0 Å². The van der Waals surface area contributed by atoms with Crippen molar-refractivity contribution in [3.05, 3.63) is 94.1 Å². The van der Waals surface area contributed by atoms with Crippen molar-refractivity contribution in [3.8, 4) is 0 Å². The fraction of sp³-hybridized carbons (Fsp3) is 0.167. The van der Waals surface area contributed by atoms with Gasteiger partial charge < -0.3 is 9.74 Å². The number of carbonyl (C=O) groups is 1. The van der Waals surface area contributed by atoms with Crippen LogP contribution in [0.1, 0.15) is 24.8 Å². The van der Waals surface area contributed by atoms with E-state index in [0.29, 0.717) is 11.3 Å². The number of hydrogen-bond donors (Lipinski definition) is 0. The minimum atomic E-state index is -0.358. The second kappa shape index (κ2) is 7.41. The Kier molecular flexibility index (Phi) is 4.60. The minimum Gasteiger partial charge on any atom is -0.338 e. The van der Waals surface area contributed by atoms with Gasteiger partial charge in [0, 0.05) is 17.5 Å². The molecule has 1 aliphatic carbocycles. The molecule has 2 aliphatic heterocycles. The number of oxime groups is 1. The summed E-state index contributed by atoms with van der Waals surface area (Å²) in [6, 6.07) is 18.2. The summed E-state index contributed by atoms with van der Waals surface area (Å²) in [7, 11) is 2.10. The Labute approximate surface area is 174 Å². The van der Waals surface area contributed by atoms with Gasteiger partial charge in [-0.15, -0.1) is 0 Å². The topological polar surface area (TPSA) is 41.9 Å². The maximum atomic E-state index is 12.5. The van der Waals surface area contributed by atoms with Crippen molar-refractivity contribution in [1.82, 2.24) is 0 Å². The lowest BCUT2D eigenvalue weighted by atomic mass is 9.89. The van der Waals surface area contributed by atoms with Crippen LogP contribution in [0.2, 0.25) is 0 Å². The van der Waals surface area contributed by atoms with Crippen molar-refractivity contribution in [1.29, 1.82) is 0 Å². The third-order valence-corrected chi connectivity index (χ3v) is 6.55. The van der Waals surface area contributed by atoms with Gasteiger partial charge in [0.05, 0.1) is 16.3 Å². The van der Waals surface area contributed by atoms with Crippen molar-refractivity contribution in [2.75, 3.05) is 11.9 Å². The van der Waals surface area contributed by atoms with Gasteiger partial charge in [0.15, 0.2) is 0 Å². The first-order chi connectivity index (χ1) is 14.2. The zero-order chi connectivity index (χ0) is 19.8. The van der Waals surface area contributed by atoms with Crippen molar-refractivity contribution < 1.29 is 9.63 Å². The summed E-state index contributed by atoms with van der Waals surface area (Å²) in [4.78, 5) is 21.0. The minimum absolute atomic E-state index is 0.358. The fourth-order valence-electron chi connectivity index (χ4n) is 3.92. The molecule has 5 heteroatoms. The molecular weight excluding hydrogens is 380 g/mol. The molecule has 0 fully saturated rings. The summed E-state index contributed by atoms with van der Waals surface area (Å²) >= 11 is 1.78. The first kappa shape index (κ1) is 18.0. The Morgan fingerprint density at radius 3 is 2.69 bits per heavy atom. The second-order valence-corrected chi connectivity index (χ2v) is 8.33. The quantitative estimate of drug-likeness (QED) is 0.497. The highest BCUT2D eigenvalue weighted by molar-refractivity contribution is 8.03. The average molecular weight is 401 g/mol. The van der Waals surface area contributed by atoms with Crippen LogP contribution < -0.4 is 4.90 Å². The van der Waals surface area contributed by atoms with Crippen LogP contribution in [0, 0.1) is 0 Å². The number of anilines is 1. The molecule has 2 aromatic rings. The van der Waals surface area contributed by atoms with Crippen LogP contribution in [0.15, 0.2) is 98.5 Å². The van der Waals surface area contributed by atoms with E-state index in [9.17, 15) is 4.79 Å². The fourth-order valence-corrected chi connectivity index (χ4v) is 5.05. The van der Waals surface area contributed by atoms with Crippen molar-refractivity contribution in [2.24, 2.45) is 5.16 Å². The van der Waals surface area contributed by atoms with E-state index >= 15 is 0 Å². The molecule has 3 aliphatic rings. The first-order valence-corrected chi connectivity index (χ1v) is 10.5. The third kappa shape index (κ3) is 3.32. The zero-order valence-corrected chi connectivity index (χ0v) is 16.9. The third-order valence-electron chi connectivity index (χ3n) is 5.38. The van der Waals surface area contributed by atoms with Gasteiger partial charge in [0.1, 0.15) is 5.71 Å². The van der Waals surface area contributed by atoms with Gasteiger partial charge in [-0.25, -0.2) is 4.79 Å². The Morgan fingerprint density at radius 1 is 1.07 bits per heavy atom.